The molecule has 0 aliphatic carbocycles. The first-order valence-electron chi connectivity index (χ1n) is 11.2. The van der Waals surface area contributed by atoms with Crippen molar-refractivity contribution in [3.63, 3.8) is 0 Å². The molecule has 2 heterocycles. The first-order valence-corrected chi connectivity index (χ1v) is 12.6. The molecular formula is C25H29N3O3S. The highest BCUT2D eigenvalue weighted by atomic mass is 32.2. The van der Waals surface area contributed by atoms with Crippen LogP contribution in [0, 0.1) is 5.92 Å². The molecule has 3 aromatic carbocycles. The quantitative estimate of drug-likeness (QED) is 0.617. The molecule has 2 atom stereocenters. The van der Waals surface area contributed by atoms with E-state index in [9.17, 15) is 8.42 Å². The Hall–Kier alpha value is -2.45. The minimum absolute atomic E-state index is 0.257. The molecule has 3 aromatic rings. The zero-order chi connectivity index (χ0) is 22.1. The maximum atomic E-state index is 13.0. The fourth-order valence-electron chi connectivity index (χ4n) is 5.06. The van der Waals surface area contributed by atoms with E-state index in [0.717, 1.165) is 19.3 Å². The van der Waals surface area contributed by atoms with E-state index in [-0.39, 0.29) is 6.04 Å². The Labute approximate surface area is 189 Å². The zero-order valence-electron chi connectivity index (χ0n) is 18.2. The summed E-state index contributed by atoms with van der Waals surface area (Å²) >= 11 is 0. The van der Waals surface area contributed by atoms with Crippen LogP contribution >= 0.6 is 0 Å². The van der Waals surface area contributed by atoms with Crippen molar-refractivity contribution in [1.82, 2.24) is 15.2 Å². The first kappa shape index (κ1) is 21.4. The summed E-state index contributed by atoms with van der Waals surface area (Å²) in [6.45, 7) is 1.10. The number of sulfonamides is 1. The van der Waals surface area contributed by atoms with Gasteiger partial charge >= 0.3 is 0 Å². The van der Waals surface area contributed by atoms with Crippen molar-refractivity contribution in [3.8, 4) is 5.75 Å². The zero-order valence-corrected chi connectivity index (χ0v) is 19.0. The number of hydrogen-bond donors (Lipinski definition) is 2. The molecule has 2 saturated heterocycles. The van der Waals surface area contributed by atoms with Crippen molar-refractivity contribution < 1.29 is 13.2 Å². The van der Waals surface area contributed by atoms with E-state index in [4.69, 9.17) is 4.74 Å². The lowest BCUT2D eigenvalue weighted by atomic mass is 9.86. The van der Waals surface area contributed by atoms with Gasteiger partial charge in [-0.2, -0.15) is 4.31 Å². The van der Waals surface area contributed by atoms with Crippen LogP contribution in [0.3, 0.4) is 0 Å². The third kappa shape index (κ3) is 4.01. The van der Waals surface area contributed by atoms with Crippen LogP contribution in [0.2, 0.25) is 0 Å². The van der Waals surface area contributed by atoms with Gasteiger partial charge in [-0.15, -0.1) is 0 Å². The normalized spacial score (nSPS) is 22.9. The van der Waals surface area contributed by atoms with Crippen LogP contribution in [0.15, 0.2) is 71.6 Å². The molecule has 168 valence electrons. The fraction of sp³-hybridized carbons (Fsp3) is 0.360. The summed E-state index contributed by atoms with van der Waals surface area (Å²) in [4.78, 5) is 0.327. The predicted molar refractivity (Wildman–Crippen MR) is 126 cm³/mol. The van der Waals surface area contributed by atoms with E-state index in [1.807, 2.05) is 0 Å². The number of nitrogens with one attached hydrogen (secondary N) is 2. The second-order valence-electron chi connectivity index (χ2n) is 8.67. The second kappa shape index (κ2) is 8.83. The average Bonchev–Trinajstić information content (AvgIpc) is 3.34. The monoisotopic (exact) mass is 451 g/mol. The molecule has 0 spiro atoms. The van der Waals surface area contributed by atoms with Gasteiger partial charge in [0, 0.05) is 25.2 Å². The van der Waals surface area contributed by atoms with E-state index in [1.165, 1.54) is 16.3 Å². The summed E-state index contributed by atoms with van der Waals surface area (Å²) in [6, 6.07) is 22.2. The van der Waals surface area contributed by atoms with Crippen LogP contribution in [-0.4, -0.2) is 39.0 Å². The number of piperidine rings is 1. The molecule has 0 amide bonds. The predicted octanol–water partition coefficient (Wildman–Crippen LogP) is 3.86. The Morgan fingerprint density at radius 3 is 2.38 bits per heavy atom. The molecular weight excluding hydrogens is 422 g/mol. The van der Waals surface area contributed by atoms with Crippen molar-refractivity contribution in [2.45, 2.75) is 36.2 Å². The number of benzene rings is 3. The molecule has 0 bridgehead atoms. The molecule has 2 unspecified atom stereocenters. The molecule has 32 heavy (non-hydrogen) atoms. The molecule has 0 radical (unpaired) electrons. The number of hydrogen-bond acceptors (Lipinski definition) is 5. The van der Waals surface area contributed by atoms with Gasteiger partial charge in [0.25, 0.3) is 0 Å². The lowest BCUT2D eigenvalue weighted by Crippen LogP contribution is -2.44. The summed E-state index contributed by atoms with van der Waals surface area (Å²) in [5.41, 5.74) is 8.32. The van der Waals surface area contributed by atoms with Gasteiger partial charge in [-0.05, 0) is 65.8 Å². The van der Waals surface area contributed by atoms with Gasteiger partial charge < -0.3 is 4.74 Å². The number of fused-ring (bicyclic) bond motifs is 1. The van der Waals surface area contributed by atoms with Gasteiger partial charge in [0.15, 0.2) is 0 Å². The largest absolute Gasteiger partial charge is 0.497 e. The summed E-state index contributed by atoms with van der Waals surface area (Å²) in [5.74, 6) is 1.10. The fourth-order valence-corrected chi connectivity index (χ4v) is 6.53. The van der Waals surface area contributed by atoms with Crippen LogP contribution in [0.25, 0.3) is 10.8 Å². The number of nitrogens with zero attached hydrogens (tertiary/aromatic N) is 1. The summed E-state index contributed by atoms with van der Waals surface area (Å²) in [6.07, 6.45) is 2.72. The van der Waals surface area contributed by atoms with Crippen LogP contribution in [0.5, 0.6) is 5.75 Å². The van der Waals surface area contributed by atoms with E-state index >= 15 is 0 Å². The minimum Gasteiger partial charge on any atom is -0.497 e. The van der Waals surface area contributed by atoms with Crippen LogP contribution in [-0.2, 0) is 10.0 Å². The van der Waals surface area contributed by atoms with Gasteiger partial charge in [-0.3, -0.25) is 5.43 Å². The number of ether oxygens (including phenoxy) is 1. The third-order valence-electron chi connectivity index (χ3n) is 6.90. The Bertz CT molecular complexity index is 1180. The first-order chi connectivity index (χ1) is 15.6. The van der Waals surface area contributed by atoms with Gasteiger partial charge in [0.2, 0.25) is 10.0 Å². The van der Waals surface area contributed by atoms with Crippen LogP contribution < -0.4 is 15.6 Å². The van der Waals surface area contributed by atoms with Crippen LogP contribution in [0.1, 0.15) is 30.9 Å². The average molecular weight is 452 g/mol. The lowest BCUT2D eigenvalue weighted by molar-refractivity contribution is 0.230. The highest BCUT2D eigenvalue weighted by Crippen LogP contribution is 2.34. The molecule has 6 nitrogen and oxygen atoms in total. The second-order valence-corrected chi connectivity index (χ2v) is 10.6. The van der Waals surface area contributed by atoms with Crippen molar-refractivity contribution in [2.24, 2.45) is 5.92 Å². The van der Waals surface area contributed by atoms with E-state index < -0.39 is 10.0 Å². The molecule has 7 heteroatoms. The summed E-state index contributed by atoms with van der Waals surface area (Å²) < 4.78 is 32.8. The Kier molecular flexibility index (Phi) is 5.90. The van der Waals surface area contributed by atoms with Crippen molar-refractivity contribution >= 4 is 20.8 Å². The van der Waals surface area contributed by atoms with Crippen molar-refractivity contribution in [3.05, 3.63) is 72.3 Å². The number of rotatable bonds is 5. The number of methoxy groups -OCH3 is 1. The smallest absolute Gasteiger partial charge is 0.243 e. The van der Waals surface area contributed by atoms with Gasteiger partial charge in [-0.25, -0.2) is 13.8 Å². The topological polar surface area (TPSA) is 70.7 Å². The Balaban J connectivity index is 1.23. The SMILES string of the molecule is COc1ccc(S(=O)(=O)N2CCC(C3CC(c4cccc5ccccc45)NN3)CC2)cc1. The molecule has 2 N–H and O–H groups in total. The highest BCUT2D eigenvalue weighted by Gasteiger charge is 2.36. The van der Waals surface area contributed by atoms with Gasteiger partial charge in [-0.1, -0.05) is 42.5 Å². The molecule has 0 aromatic heterocycles. The molecule has 2 aliphatic heterocycles. The van der Waals surface area contributed by atoms with Crippen molar-refractivity contribution in [2.75, 3.05) is 20.2 Å². The number of hydrazine groups is 1. The lowest BCUT2D eigenvalue weighted by Gasteiger charge is -2.34. The van der Waals surface area contributed by atoms with Gasteiger partial charge in [0.05, 0.1) is 12.0 Å². The van der Waals surface area contributed by atoms with Crippen molar-refractivity contribution in [1.29, 1.82) is 0 Å². The van der Waals surface area contributed by atoms with E-state index in [0.29, 0.717) is 35.7 Å². The van der Waals surface area contributed by atoms with Crippen LogP contribution in [0.4, 0.5) is 0 Å². The Morgan fingerprint density at radius 2 is 1.62 bits per heavy atom. The molecule has 0 saturated carbocycles. The third-order valence-corrected chi connectivity index (χ3v) is 8.81. The highest BCUT2D eigenvalue weighted by molar-refractivity contribution is 7.89. The Morgan fingerprint density at radius 1 is 0.906 bits per heavy atom. The van der Waals surface area contributed by atoms with E-state index in [1.54, 1.807) is 35.7 Å². The molecule has 2 fully saturated rings. The summed E-state index contributed by atoms with van der Waals surface area (Å²) in [5, 5.41) is 2.54. The standard InChI is InChI=1S/C25H29N3O3S/c1-31-20-9-11-21(12-10-20)32(29,30)28-15-13-19(14-16-28)24-17-25(27-26-24)23-8-4-6-18-5-2-3-7-22(18)23/h2-12,19,24-27H,13-17H2,1H3. The maximum absolute atomic E-state index is 13.0. The molecule has 2 aliphatic rings. The van der Waals surface area contributed by atoms with E-state index in [2.05, 4.69) is 53.3 Å². The summed E-state index contributed by atoms with van der Waals surface area (Å²) in [7, 11) is -1.90. The maximum Gasteiger partial charge on any atom is 0.243 e. The molecule has 5 rings (SSSR count). The van der Waals surface area contributed by atoms with Gasteiger partial charge in [0.1, 0.15) is 5.75 Å². The minimum atomic E-state index is -3.47.